The molecule has 20 heavy (non-hydrogen) atoms. The van der Waals surface area contributed by atoms with E-state index in [2.05, 4.69) is 10.6 Å². The highest BCUT2D eigenvalue weighted by Crippen LogP contribution is 2.17. The molecule has 110 valence electrons. The Kier molecular flexibility index (Phi) is 5.38. The summed E-state index contributed by atoms with van der Waals surface area (Å²) in [7, 11) is 1.64. The molecule has 2 atom stereocenters. The van der Waals surface area contributed by atoms with Crippen LogP contribution in [0.4, 0.5) is 0 Å². The van der Waals surface area contributed by atoms with Crippen LogP contribution in [0.1, 0.15) is 24.9 Å². The molecular weight excluding hydrogens is 256 g/mol. The lowest BCUT2D eigenvalue weighted by Gasteiger charge is -2.24. The van der Waals surface area contributed by atoms with E-state index in [4.69, 9.17) is 9.47 Å². The predicted octanol–water partition coefficient (Wildman–Crippen LogP) is 1.25. The number of methoxy groups -OCH3 is 1. The summed E-state index contributed by atoms with van der Waals surface area (Å²) >= 11 is 0. The number of carbonyl (C=O) groups excluding carboxylic acids is 1. The fraction of sp³-hybridized carbons (Fsp3) is 0.533. The maximum absolute atomic E-state index is 12.0. The van der Waals surface area contributed by atoms with Crippen molar-refractivity contribution < 1.29 is 14.3 Å². The number of ether oxygens (including phenoxy) is 2. The Labute approximate surface area is 119 Å². The van der Waals surface area contributed by atoms with Crippen LogP contribution in [0.15, 0.2) is 24.3 Å². The molecule has 1 amide bonds. The van der Waals surface area contributed by atoms with Crippen molar-refractivity contribution in [3.05, 3.63) is 29.8 Å². The van der Waals surface area contributed by atoms with Crippen LogP contribution in [-0.4, -0.2) is 38.8 Å². The summed E-state index contributed by atoms with van der Waals surface area (Å²) < 4.78 is 10.6. The third-order valence-corrected chi connectivity index (χ3v) is 3.41. The van der Waals surface area contributed by atoms with Crippen LogP contribution in [0.3, 0.4) is 0 Å². The van der Waals surface area contributed by atoms with Gasteiger partial charge in [0.2, 0.25) is 5.91 Å². The zero-order chi connectivity index (χ0) is 14.4. The lowest BCUT2D eigenvalue weighted by atomic mass is 10.1. The van der Waals surface area contributed by atoms with E-state index in [-0.39, 0.29) is 18.1 Å². The molecule has 1 fully saturated rings. The highest BCUT2D eigenvalue weighted by molar-refractivity contribution is 5.77. The molecule has 2 rings (SSSR count). The average molecular weight is 278 g/mol. The lowest BCUT2D eigenvalue weighted by Crippen LogP contribution is -2.41. The molecule has 0 spiro atoms. The lowest BCUT2D eigenvalue weighted by molar-refractivity contribution is -0.125. The highest BCUT2D eigenvalue weighted by Gasteiger charge is 2.18. The Bertz CT molecular complexity index is 427. The van der Waals surface area contributed by atoms with Gasteiger partial charge >= 0.3 is 0 Å². The molecule has 1 aliphatic heterocycles. The van der Waals surface area contributed by atoms with E-state index in [1.807, 2.05) is 31.2 Å². The Morgan fingerprint density at radius 3 is 2.85 bits per heavy atom. The van der Waals surface area contributed by atoms with E-state index in [0.717, 1.165) is 24.4 Å². The van der Waals surface area contributed by atoms with Crippen molar-refractivity contribution in [1.29, 1.82) is 0 Å². The first kappa shape index (κ1) is 14.8. The van der Waals surface area contributed by atoms with E-state index < -0.39 is 0 Å². The van der Waals surface area contributed by atoms with Gasteiger partial charge in [0.15, 0.2) is 0 Å². The average Bonchev–Trinajstić information content (AvgIpc) is 2.48. The van der Waals surface area contributed by atoms with Crippen molar-refractivity contribution in [1.82, 2.24) is 10.6 Å². The van der Waals surface area contributed by atoms with Gasteiger partial charge in [-0.2, -0.15) is 0 Å². The zero-order valence-electron chi connectivity index (χ0n) is 12.0. The summed E-state index contributed by atoms with van der Waals surface area (Å²) in [6, 6.07) is 7.69. The number of hydrogen-bond acceptors (Lipinski definition) is 4. The number of benzene rings is 1. The number of morpholine rings is 1. The molecular formula is C15H22N2O3. The fourth-order valence-electron chi connectivity index (χ4n) is 2.23. The molecule has 1 aromatic carbocycles. The van der Waals surface area contributed by atoms with Crippen molar-refractivity contribution in [3.8, 4) is 5.75 Å². The molecule has 1 aliphatic rings. The van der Waals surface area contributed by atoms with Gasteiger partial charge in [0, 0.05) is 13.1 Å². The number of hydrogen-bond donors (Lipinski definition) is 2. The number of rotatable bonds is 5. The Hall–Kier alpha value is -1.59. The molecule has 1 saturated heterocycles. The molecule has 1 aromatic rings. The molecule has 1 heterocycles. The minimum Gasteiger partial charge on any atom is -0.497 e. The molecule has 5 heteroatoms. The van der Waals surface area contributed by atoms with Gasteiger partial charge in [-0.05, 0) is 24.6 Å². The Morgan fingerprint density at radius 1 is 1.50 bits per heavy atom. The first-order valence-electron chi connectivity index (χ1n) is 6.94. The van der Waals surface area contributed by atoms with Crippen LogP contribution >= 0.6 is 0 Å². The van der Waals surface area contributed by atoms with Crippen LogP contribution in [0.25, 0.3) is 0 Å². The van der Waals surface area contributed by atoms with E-state index in [0.29, 0.717) is 13.0 Å². The standard InChI is InChI=1S/C15H22N2O3/c1-11(12-3-5-13(19-2)6-4-12)17-15(18)9-14-10-16-7-8-20-14/h3-6,11,14,16H,7-10H2,1-2H3,(H,17,18). The second kappa shape index (κ2) is 7.26. The normalized spacial score (nSPS) is 20.2. The monoisotopic (exact) mass is 278 g/mol. The molecule has 2 N–H and O–H groups in total. The number of nitrogens with one attached hydrogen (secondary N) is 2. The van der Waals surface area contributed by atoms with E-state index in [9.17, 15) is 4.79 Å². The molecule has 0 aromatic heterocycles. The zero-order valence-corrected chi connectivity index (χ0v) is 12.0. The molecule has 5 nitrogen and oxygen atoms in total. The summed E-state index contributed by atoms with van der Waals surface area (Å²) in [6.07, 6.45) is 0.375. The van der Waals surface area contributed by atoms with Crippen LogP contribution in [0.5, 0.6) is 5.75 Å². The molecule has 0 radical (unpaired) electrons. The van der Waals surface area contributed by atoms with Gasteiger partial charge in [-0.25, -0.2) is 0 Å². The first-order chi connectivity index (χ1) is 9.69. The Balaban J connectivity index is 1.82. The van der Waals surface area contributed by atoms with E-state index >= 15 is 0 Å². The van der Waals surface area contributed by atoms with E-state index in [1.54, 1.807) is 7.11 Å². The van der Waals surface area contributed by atoms with Gasteiger partial charge < -0.3 is 20.1 Å². The highest BCUT2D eigenvalue weighted by atomic mass is 16.5. The van der Waals surface area contributed by atoms with Crippen molar-refractivity contribution in [2.45, 2.75) is 25.5 Å². The van der Waals surface area contributed by atoms with Crippen molar-refractivity contribution in [2.75, 3.05) is 26.8 Å². The van der Waals surface area contributed by atoms with Gasteiger partial charge in [-0.1, -0.05) is 12.1 Å². The number of carbonyl (C=O) groups is 1. The van der Waals surface area contributed by atoms with Crippen molar-refractivity contribution in [3.63, 3.8) is 0 Å². The molecule has 0 saturated carbocycles. The summed E-state index contributed by atoms with van der Waals surface area (Å²) in [6.45, 7) is 4.25. The van der Waals surface area contributed by atoms with Crippen molar-refractivity contribution in [2.24, 2.45) is 0 Å². The maximum atomic E-state index is 12.0. The summed E-state index contributed by atoms with van der Waals surface area (Å²) in [5, 5.41) is 6.21. The smallest absolute Gasteiger partial charge is 0.223 e. The van der Waals surface area contributed by atoms with Gasteiger partial charge in [-0.15, -0.1) is 0 Å². The number of amides is 1. The third-order valence-electron chi connectivity index (χ3n) is 3.41. The summed E-state index contributed by atoms with van der Waals surface area (Å²) in [5.41, 5.74) is 1.06. The minimum atomic E-state index is -0.0232. The van der Waals surface area contributed by atoms with Gasteiger partial charge in [0.25, 0.3) is 0 Å². The largest absolute Gasteiger partial charge is 0.497 e. The van der Waals surface area contributed by atoms with Gasteiger partial charge in [-0.3, -0.25) is 4.79 Å². The third kappa shape index (κ3) is 4.21. The van der Waals surface area contributed by atoms with Gasteiger partial charge in [0.1, 0.15) is 5.75 Å². The quantitative estimate of drug-likeness (QED) is 0.851. The summed E-state index contributed by atoms with van der Waals surface area (Å²) in [5.74, 6) is 0.830. The Morgan fingerprint density at radius 2 is 2.25 bits per heavy atom. The van der Waals surface area contributed by atoms with Crippen LogP contribution in [0.2, 0.25) is 0 Å². The minimum absolute atomic E-state index is 0.0158. The second-order valence-electron chi connectivity index (χ2n) is 4.96. The van der Waals surface area contributed by atoms with Crippen LogP contribution in [-0.2, 0) is 9.53 Å². The first-order valence-corrected chi connectivity index (χ1v) is 6.94. The van der Waals surface area contributed by atoms with E-state index in [1.165, 1.54) is 0 Å². The van der Waals surface area contributed by atoms with Crippen LogP contribution < -0.4 is 15.4 Å². The van der Waals surface area contributed by atoms with Crippen molar-refractivity contribution >= 4 is 5.91 Å². The predicted molar refractivity (Wildman–Crippen MR) is 76.8 cm³/mol. The topological polar surface area (TPSA) is 59.6 Å². The summed E-state index contributed by atoms with van der Waals surface area (Å²) in [4.78, 5) is 12.0. The molecule has 0 bridgehead atoms. The maximum Gasteiger partial charge on any atom is 0.223 e. The van der Waals surface area contributed by atoms with Gasteiger partial charge in [0.05, 0.1) is 32.3 Å². The molecule has 0 aliphatic carbocycles. The van der Waals surface area contributed by atoms with Crippen LogP contribution in [0, 0.1) is 0 Å². The SMILES string of the molecule is COc1ccc(C(C)NC(=O)CC2CNCCO2)cc1. The molecule has 2 unspecified atom stereocenters. The fourth-order valence-corrected chi connectivity index (χ4v) is 2.23. The second-order valence-corrected chi connectivity index (χ2v) is 4.96.